The fraction of sp³-hybridized carbons (Fsp3) is 0.353. The molecule has 1 aromatic heterocycles. The standard InChI is InChI=1S/C17H18N2O4/c1-12-16(13(2)23-19-12)11-22-15-7-5-6-14(10-15)17(20)21-9-4-3-8-18/h5-7,10H,3-4,9,11H2,1-2H3. The van der Waals surface area contributed by atoms with E-state index >= 15 is 0 Å². The van der Waals surface area contributed by atoms with Gasteiger partial charge in [-0.2, -0.15) is 5.26 Å². The second-order valence-electron chi connectivity index (χ2n) is 5.02. The van der Waals surface area contributed by atoms with Crippen LogP contribution in [0.2, 0.25) is 0 Å². The zero-order chi connectivity index (χ0) is 16.7. The highest BCUT2D eigenvalue weighted by molar-refractivity contribution is 5.89. The maximum Gasteiger partial charge on any atom is 0.338 e. The average molecular weight is 314 g/mol. The molecule has 0 amide bonds. The molecule has 0 N–H and O–H groups in total. The Bertz CT molecular complexity index is 696. The van der Waals surface area contributed by atoms with Gasteiger partial charge in [-0.15, -0.1) is 0 Å². The van der Waals surface area contributed by atoms with Crippen LogP contribution in [-0.2, 0) is 11.3 Å². The van der Waals surface area contributed by atoms with Crippen molar-refractivity contribution in [2.75, 3.05) is 6.61 Å². The van der Waals surface area contributed by atoms with E-state index in [0.29, 0.717) is 30.8 Å². The van der Waals surface area contributed by atoms with Crippen LogP contribution in [0.3, 0.4) is 0 Å². The predicted molar refractivity (Wildman–Crippen MR) is 81.9 cm³/mol. The molecule has 0 aliphatic rings. The number of ether oxygens (including phenoxy) is 2. The number of hydrogen-bond donors (Lipinski definition) is 0. The Kier molecular flexibility index (Phi) is 5.75. The summed E-state index contributed by atoms with van der Waals surface area (Å²) in [5.74, 6) is 0.859. The molecular weight excluding hydrogens is 296 g/mol. The van der Waals surface area contributed by atoms with Crippen molar-refractivity contribution in [1.29, 1.82) is 5.26 Å². The van der Waals surface area contributed by atoms with E-state index in [0.717, 1.165) is 17.0 Å². The van der Waals surface area contributed by atoms with Crippen LogP contribution in [0.5, 0.6) is 5.75 Å². The number of esters is 1. The Morgan fingerprint density at radius 1 is 1.39 bits per heavy atom. The smallest absolute Gasteiger partial charge is 0.338 e. The molecule has 0 saturated heterocycles. The number of carbonyl (C=O) groups is 1. The summed E-state index contributed by atoms with van der Waals surface area (Å²) in [6.07, 6.45) is 0.901. The number of rotatable bonds is 7. The molecule has 120 valence electrons. The van der Waals surface area contributed by atoms with Crippen LogP contribution in [0.25, 0.3) is 0 Å². The van der Waals surface area contributed by atoms with E-state index in [1.165, 1.54) is 0 Å². The molecule has 0 saturated carbocycles. The molecule has 0 unspecified atom stereocenters. The fourth-order valence-electron chi connectivity index (χ4n) is 1.98. The van der Waals surface area contributed by atoms with Gasteiger partial charge in [-0.3, -0.25) is 0 Å². The van der Waals surface area contributed by atoms with Crippen molar-refractivity contribution in [3.8, 4) is 11.8 Å². The Labute approximate surface area is 134 Å². The number of nitriles is 1. The molecule has 1 heterocycles. The van der Waals surface area contributed by atoms with E-state index in [9.17, 15) is 4.79 Å². The van der Waals surface area contributed by atoms with Gasteiger partial charge in [0.1, 0.15) is 18.1 Å². The lowest BCUT2D eigenvalue weighted by Gasteiger charge is -2.08. The quantitative estimate of drug-likeness (QED) is 0.575. The molecule has 0 fully saturated rings. The summed E-state index contributed by atoms with van der Waals surface area (Å²) < 4.78 is 15.9. The first-order valence-corrected chi connectivity index (χ1v) is 7.30. The summed E-state index contributed by atoms with van der Waals surface area (Å²) in [6, 6.07) is 8.80. The normalized spacial score (nSPS) is 10.1. The van der Waals surface area contributed by atoms with Crippen LogP contribution in [0, 0.1) is 25.2 Å². The molecule has 0 aliphatic heterocycles. The maximum absolute atomic E-state index is 11.9. The average Bonchev–Trinajstić information content (AvgIpc) is 2.88. The van der Waals surface area contributed by atoms with Crippen molar-refractivity contribution < 1.29 is 18.8 Å². The summed E-state index contributed by atoms with van der Waals surface area (Å²) in [5.41, 5.74) is 2.10. The number of hydrogen-bond acceptors (Lipinski definition) is 6. The Morgan fingerprint density at radius 3 is 2.91 bits per heavy atom. The van der Waals surface area contributed by atoms with Gasteiger partial charge in [0.2, 0.25) is 0 Å². The molecule has 6 nitrogen and oxygen atoms in total. The van der Waals surface area contributed by atoms with Gasteiger partial charge in [-0.1, -0.05) is 11.2 Å². The monoisotopic (exact) mass is 314 g/mol. The summed E-state index contributed by atoms with van der Waals surface area (Å²) in [7, 11) is 0. The summed E-state index contributed by atoms with van der Waals surface area (Å²) >= 11 is 0. The first-order valence-electron chi connectivity index (χ1n) is 7.30. The van der Waals surface area contributed by atoms with Crippen LogP contribution in [0.15, 0.2) is 28.8 Å². The van der Waals surface area contributed by atoms with Gasteiger partial charge in [0.15, 0.2) is 0 Å². The zero-order valence-corrected chi connectivity index (χ0v) is 13.2. The van der Waals surface area contributed by atoms with Crippen molar-refractivity contribution in [2.24, 2.45) is 0 Å². The second kappa shape index (κ2) is 7.99. The minimum absolute atomic E-state index is 0.233. The molecule has 0 bridgehead atoms. The van der Waals surface area contributed by atoms with Crippen LogP contribution in [0.4, 0.5) is 0 Å². The Hall–Kier alpha value is -2.81. The molecule has 6 heteroatoms. The van der Waals surface area contributed by atoms with Crippen molar-refractivity contribution >= 4 is 5.97 Å². The van der Waals surface area contributed by atoms with Gasteiger partial charge in [0, 0.05) is 6.42 Å². The van der Waals surface area contributed by atoms with Crippen molar-refractivity contribution in [3.05, 3.63) is 46.8 Å². The van der Waals surface area contributed by atoms with E-state index in [1.54, 1.807) is 24.3 Å². The first-order chi connectivity index (χ1) is 11.1. The maximum atomic E-state index is 11.9. The zero-order valence-electron chi connectivity index (χ0n) is 13.2. The lowest BCUT2D eigenvalue weighted by molar-refractivity contribution is 0.0501. The minimum atomic E-state index is -0.425. The van der Waals surface area contributed by atoms with E-state index < -0.39 is 5.97 Å². The van der Waals surface area contributed by atoms with E-state index in [2.05, 4.69) is 5.16 Å². The lowest BCUT2D eigenvalue weighted by atomic mass is 10.2. The Morgan fingerprint density at radius 2 is 2.22 bits per heavy atom. The van der Waals surface area contributed by atoms with E-state index in [4.69, 9.17) is 19.3 Å². The third kappa shape index (κ3) is 4.58. The number of benzene rings is 1. The third-order valence-corrected chi connectivity index (χ3v) is 3.30. The Balaban J connectivity index is 1.94. The molecule has 0 atom stereocenters. The SMILES string of the molecule is Cc1noc(C)c1COc1cccc(C(=O)OCCCC#N)c1. The molecule has 0 radical (unpaired) electrons. The predicted octanol–water partition coefficient (Wildman–Crippen LogP) is 3.33. The molecule has 2 rings (SSSR count). The van der Waals surface area contributed by atoms with Gasteiger partial charge in [-0.05, 0) is 38.5 Å². The minimum Gasteiger partial charge on any atom is -0.489 e. The summed E-state index contributed by atoms with van der Waals surface area (Å²) in [6.45, 7) is 4.23. The van der Waals surface area contributed by atoms with Crippen molar-refractivity contribution in [3.63, 3.8) is 0 Å². The van der Waals surface area contributed by atoms with Crippen LogP contribution in [0.1, 0.15) is 40.2 Å². The number of nitrogens with zero attached hydrogens (tertiary/aromatic N) is 2. The first kappa shape index (κ1) is 16.6. The van der Waals surface area contributed by atoms with Crippen LogP contribution >= 0.6 is 0 Å². The third-order valence-electron chi connectivity index (χ3n) is 3.30. The van der Waals surface area contributed by atoms with Crippen molar-refractivity contribution in [1.82, 2.24) is 5.16 Å². The molecule has 1 aromatic carbocycles. The largest absolute Gasteiger partial charge is 0.489 e. The van der Waals surface area contributed by atoms with Crippen LogP contribution < -0.4 is 4.74 Å². The van der Waals surface area contributed by atoms with E-state index in [1.807, 2.05) is 19.9 Å². The lowest BCUT2D eigenvalue weighted by Crippen LogP contribution is -2.07. The van der Waals surface area contributed by atoms with Gasteiger partial charge in [-0.25, -0.2) is 4.79 Å². The van der Waals surface area contributed by atoms with Crippen molar-refractivity contribution in [2.45, 2.75) is 33.3 Å². The van der Waals surface area contributed by atoms with Gasteiger partial charge in [0.25, 0.3) is 0 Å². The summed E-state index contributed by atoms with van der Waals surface area (Å²) in [4.78, 5) is 11.9. The molecule has 23 heavy (non-hydrogen) atoms. The molecule has 0 spiro atoms. The fourth-order valence-corrected chi connectivity index (χ4v) is 1.98. The van der Waals surface area contributed by atoms with Gasteiger partial charge in [0.05, 0.1) is 29.5 Å². The highest BCUT2D eigenvalue weighted by Gasteiger charge is 2.11. The molecule has 0 aliphatic carbocycles. The summed E-state index contributed by atoms with van der Waals surface area (Å²) in [5, 5.41) is 12.3. The van der Waals surface area contributed by atoms with Crippen LogP contribution in [-0.4, -0.2) is 17.7 Å². The second-order valence-corrected chi connectivity index (χ2v) is 5.02. The van der Waals surface area contributed by atoms with Gasteiger partial charge < -0.3 is 14.0 Å². The molecule has 2 aromatic rings. The topological polar surface area (TPSA) is 85.3 Å². The van der Waals surface area contributed by atoms with Gasteiger partial charge >= 0.3 is 5.97 Å². The molecular formula is C17H18N2O4. The highest BCUT2D eigenvalue weighted by atomic mass is 16.5. The number of unbranched alkanes of at least 4 members (excludes halogenated alkanes) is 1. The highest BCUT2D eigenvalue weighted by Crippen LogP contribution is 2.19. The number of aromatic nitrogens is 1. The number of aryl methyl sites for hydroxylation is 2. The van der Waals surface area contributed by atoms with E-state index in [-0.39, 0.29) is 6.61 Å². The number of carbonyl (C=O) groups excluding carboxylic acids is 1.